The highest BCUT2D eigenvalue weighted by Gasteiger charge is 2.32. The van der Waals surface area contributed by atoms with Crippen LogP contribution in [-0.2, 0) is 25.8 Å². The van der Waals surface area contributed by atoms with E-state index in [0.29, 0.717) is 6.42 Å². The molecule has 182 valence electrons. The predicted molar refractivity (Wildman–Crippen MR) is 118 cm³/mol. The summed E-state index contributed by atoms with van der Waals surface area (Å²) >= 11 is 0. The van der Waals surface area contributed by atoms with Crippen molar-refractivity contribution in [3.05, 3.63) is 35.9 Å². The van der Waals surface area contributed by atoms with Crippen molar-refractivity contribution in [2.24, 2.45) is 0 Å². The minimum absolute atomic E-state index is 0.0115. The predicted octanol–water partition coefficient (Wildman–Crippen LogP) is -1.01. The Labute approximate surface area is 192 Å². The molecule has 0 spiro atoms. The van der Waals surface area contributed by atoms with Crippen molar-refractivity contribution < 1.29 is 29.1 Å². The minimum atomic E-state index is -1.33. The second-order valence-electron chi connectivity index (χ2n) is 7.94. The molecule has 2 aliphatic heterocycles. The summed E-state index contributed by atoms with van der Waals surface area (Å²) in [5.41, 5.74) is 3.64. The summed E-state index contributed by atoms with van der Waals surface area (Å²) in [6.07, 6.45) is 0.761. The van der Waals surface area contributed by atoms with Gasteiger partial charge in [-0.25, -0.2) is 9.59 Å². The van der Waals surface area contributed by atoms with Gasteiger partial charge in [-0.1, -0.05) is 30.3 Å². The van der Waals surface area contributed by atoms with E-state index in [2.05, 4.69) is 32.1 Å². The first-order chi connectivity index (χ1) is 16.0. The molecule has 0 saturated carbocycles. The SMILES string of the molecule is O=C(NC(CNC(=O)C1CC(CCCNC2NCCN2)NO1)C(=O)O)OCc1ccccc1. The lowest BCUT2D eigenvalue weighted by Gasteiger charge is -2.16. The zero-order chi connectivity index (χ0) is 23.5. The lowest BCUT2D eigenvalue weighted by Crippen LogP contribution is -2.50. The molecule has 2 amide bonds. The Balaban J connectivity index is 1.31. The molecule has 1 aromatic rings. The molecule has 1 aromatic carbocycles. The Kier molecular flexibility index (Phi) is 9.84. The van der Waals surface area contributed by atoms with E-state index in [0.717, 1.165) is 38.0 Å². The molecule has 2 aliphatic rings. The van der Waals surface area contributed by atoms with Gasteiger partial charge in [0.05, 0.1) is 0 Å². The number of hydroxylamine groups is 1. The maximum atomic E-state index is 12.4. The van der Waals surface area contributed by atoms with E-state index in [1.165, 1.54) is 0 Å². The van der Waals surface area contributed by atoms with Gasteiger partial charge in [-0.15, -0.1) is 0 Å². The smallest absolute Gasteiger partial charge is 0.408 e. The molecule has 0 bridgehead atoms. The van der Waals surface area contributed by atoms with Crippen LogP contribution in [0.25, 0.3) is 0 Å². The number of carboxylic acids is 1. The van der Waals surface area contributed by atoms with Gasteiger partial charge in [0, 0.05) is 32.1 Å². The van der Waals surface area contributed by atoms with Gasteiger partial charge in [0.1, 0.15) is 18.9 Å². The number of rotatable bonds is 12. The van der Waals surface area contributed by atoms with E-state index < -0.39 is 30.1 Å². The molecule has 7 N–H and O–H groups in total. The summed E-state index contributed by atoms with van der Waals surface area (Å²) in [5.74, 6) is -1.72. The normalized spacial score (nSPS) is 21.5. The van der Waals surface area contributed by atoms with Crippen LogP contribution in [-0.4, -0.2) is 73.7 Å². The average Bonchev–Trinajstić information content (AvgIpc) is 3.51. The van der Waals surface area contributed by atoms with Gasteiger partial charge in [0.15, 0.2) is 6.10 Å². The molecular formula is C21H32N6O6. The van der Waals surface area contributed by atoms with E-state index in [-0.39, 0.29) is 25.5 Å². The van der Waals surface area contributed by atoms with Gasteiger partial charge in [-0.3, -0.25) is 25.6 Å². The summed E-state index contributed by atoms with van der Waals surface area (Å²) in [6.45, 7) is 2.44. The molecule has 0 aliphatic carbocycles. The van der Waals surface area contributed by atoms with Crippen LogP contribution in [0.3, 0.4) is 0 Å². The first-order valence-corrected chi connectivity index (χ1v) is 11.1. The van der Waals surface area contributed by atoms with Crippen LogP contribution < -0.4 is 32.1 Å². The molecule has 3 atom stereocenters. The lowest BCUT2D eigenvalue weighted by atomic mass is 10.1. The number of hydrogen-bond donors (Lipinski definition) is 7. The summed E-state index contributed by atoms with van der Waals surface area (Å²) in [6, 6.07) is 7.72. The Bertz CT molecular complexity index is 776. The van der Waals surface area contributed by atoms with E-state index in [1.54, 1.807) is 24.3 Å². The van der Waals surface area contributed by atoms with Crippen molar-refractivity contribution >= 4 is 18.0 Å². The fourth-order valence-corrected chi connectivity index (χ4v) is 3.54. The van der Waals surface area contributed by atoms with Gasteiger partial charge in [-0.05, 0) is 24.9 Å². The summed E-state index contributed by atoms with van der Waals surface area (Å²) in [4.78, 5) is 41.1. The molecule has 12 heteroatoms. The molecule has 2 saturated heterocycles. The minimum Gasteiger partial charge on any atom is -0.480 e. The number of nitrogens with one attached hydrogen (secondary N) is 6. The van der Waals surface area contributed by atoms with Crippen LogP contribution >= 0.6 is 0 Å². The van der Waals surface area contributed by atoms with Crippen molar-refractivity contribution in [1.29, 1.82) is 0 Å². The van der Waals surface area contributed by atoms with Crippen LogP contribution in [0.5, 0.6) is 0 Å². The monoisotopic (exact) mass is 464 g/mol. The number of alkyl carbamates (subject to hydrolysis) is 1. The quantitative estimate of drug-likeness (QED) is 0.191. The number of amides is 2. The number of carboxylic acid groups (broad SMARTS) is 1. The van der Waals surface area contributed by atoms with Gasteiger partial charge >= 0.3 is 12.1 Å². The number of ether oxygens (including phenoxy) is 1. The van der Waals surface area contributed by atoms with Crippen LogP contribution in [0.1, 0.15) is 24.8 Å². The van der Waals surface area contributed by atoms with Crippen molar-refractivity contribution in [3.8, 4) is 0 Å². The van der Waals surface area contributed by atoms with E-state index in [9.17, 15) is 19.5 Å². The molecular weight excluding hydrogens is 432 g/mol. The average molecular weight is 465 g/mol. The van der Waals surface area contributed by atoms with E-state index in [4.69, 9.17) is 9.57 Å². The molecule has 0 aromatic heterocycles. The molecule has 2 fully saturated rings. The number of carbonyl (C=O) groups excluding carboxylic acids is 2. The van der Waals surface area contributed by atoms with Crippen LogP contribution in [0, 0.1) is 0 Å². The van der Waals surface area contributed by atoms with Gasteiger partial charge in [0.25, 0.3) is 5.91 Å². The third kappa shape index (κ3) is 8.59. The van der Waals surface area contributed by atoms with Crippen LogP contribution in [0.2, 0.25) is 0 Å². The van der Waals surface area contributed by atoms with Crippen molar-refractivity contribution in [1.82, 2.24) is 32.1 Å². The van der Waals surface area contributed by atoms with Gasteiger partial charge in [-0.2, -0.15) is 5.48 Å². The molecule has 2 heterocycles. The van der Waals surface area contributed by atoms with Crippen LogP contribution in [0.15, 0.2) is 30.3 Å². The maximum absolute atomic E-state index is 12.4. The fraction of sp³-hybridized carbons (Fsp3) is 0.571. The van der Waals surface area contributed by atoms with Gasteiger partial charge < -0.3 is 20.5 Å². The van der Waals surface area contributed by atoms with E-state index >= 15 is 0 Å². The maximum Gasteiger partial charge on any atom is 0.408 e. The topological polar surface area (TPSA) is 162 Å². The highest BCUT2D eigenvalue weighted by Crippen LogP contribution is 2.15. The highest BCUT2D eigenvalue weighted by atomic mass is 16.7. The summed E-state index contributed by atoms with van der Waals surface area (Å²) in [7, 11) is 0. The largest absolute Gasteiger partial charge is 0.480 e. The lowest BCUT2D eigenvalue weighted by molar-refractivity contribution is -0.139. The fourth-order valence-electron chi connectivity index (χ4n) is 3.54. The zero-order valence-electron chi connectivity index (χ0n) is 18.3. The van der Waals surface area contributed by atoms with Crippen molar-refractivity contribution in [2.75, 3.05) is 26.2 Å². The summed E-state index contributed by atoms with van der Waals surface area (Å²) in [5, 5.41) is 24.0. The number of aliphatic carboxylic acids is 1. The molecule has 12 nitrogen and oxygen atoms in total. The molecule has 0 radical (unpaired) electrons. The standard InChI is InChI=1S/C21H32N6O6/c28-18(17-11-15(27-33-17)7-4-8-22-20-23-9-10-24-20)25-12-16(19(29)30)26-21(31)32-13-14-5-2-1-3-6-14/h1-3,5-6,15-17,20,22-24,27H,4,7-13H2,(H,25,28)(H,26,31)(H,29,30). The second-order valence-corrected chi connectivity index (χ2v) is 7.94. The zero-order valence-corrected chi connectivity index (χ0v) is 18.3. The Morgan fingerprint density at radius 1 is 1.18 bits per heavy atom. The van der Waals surface area contributed by atoms with Crippen molar-refractivity contribution in [2.45, 2.75) is 50.3 Å². The Morgan fingerprint density at radius 2 is 1.94 bits per heavy atom. The molecule has 33 heavy (non-hydrogen) atoms. The van der Waals surface area contributed by atoms with Crippen molar-refractivity contribution in [3.63, 3.8) is 0 Å². The van der Waals surface area contributed by atoms with Gasteiger partial charge in [0.2, 0.25) is 0 Å². The van der Waals surface area contributed by atoms with Crippen LogP contribution in [0.4, 0.5) is 4.79 Å². The Hall–Kier alpha value is -2.77. The first kappa shape index (κ1) is 24.9. The first-order valence-electron chi connectivity index (χ1n) is 11.1. The number of benzene rings is 1. The second kappa shape index (κ2) is 13.1. The highest BCUT2D eigenvalue weighted by molar-refractivity contribution is 5.83. The molecule has 3 rings (SSSR count). The third-order valence-electron chi connectivity index (χ3n) is 5.35. The number of carbonyl (C=O) groups is 3. The van der Waals surface area contributed by atoms with E-state index in [1.807, 2.05) is 6.07 Å². The third-order valence-corrected chi connectivity index (χ3v) is 5.35. The number of hydrogen-bond acceptors (Lipinski definition) is 9. The summed E-state index contributed by atoms with van der Waals surface area (Å²) < 4.78 is 5.03. The Morgan fingerprint density at radius 3 is 2.67 bits per heavy atom. The molecule has 3 unspecified atom stereocenters.